The minimum absolute atomic E-state index is 0.233. The van der Waals surface area contributed by atoms with E-state index >= 15 is 0 Å². The highest BCUT2D eigenvalue weighted by Crippen LogP contribution is 2.32. The van der Waals surface area contributed by atoms with Crippen molar-refractivity contribution in [2.45, 2.75) is 12.6 Å². The van der Waals surface area contributed by atoms with Gasteiger partial charge in [0.15, 0.2) is 0 Å². The third kappa shape index (κ3) is 3.48. The summed E-state index contributed by atoms with van der Waals surface area (Å²) in [5, 5.41) is 2.45. The van der Waals surface area contributed by atoms with E-state index in [1.54, 1.807) is 0 Å². The Bertz CT molecular complexity index is 478. The van der Waals surface area contributed by atoms with Gasteiger partial charge >= 0.3 is 6.18 Å². The monoisotopic (exact) mass is 255 g/mol. The van der Waals surface area contributed by atoms with Gasteiger partial charge in [0.05, 0.1) is 5.56 Å². The summed E-state index contributed by atoms with van der Waals surface area (Å²) in [6, 6.07) is 3.15. The van der Waals surface area contributed by atoms with E-state index in [0.29, 0.717) is 11.3 Å². The molecule has 0 atom stereocenters. The molecule has 0 saturated heterocycles. The third-order valence-electron chi connectivity index (χ3n) is 2.24. The average Bonchev–Trinajstić information content (AvgIpc) is 2.30. The molecule has 18 heavy (non-hydrogen) atoms. The van der Waals surface area contributed by atoms with Crippen molar-refractivity contribution in [3.05, 3.63) is 54.6 Å². The highest BCUT2D eigenvalue weighted by Gasteiger charge is 2.30. The molecular weight excluding hydrogens is 243 g/mol. The van der Waals surface area contributed by atoms with Crippen LogP contribution in [-0.4, -0.2) is 5.91 Å². The van der Waals surface area contributed by atoms with Gasteiger partial charge in [-0.1, -0.05) is 12.7 Å². The van der Waals surface area contributed by atoms with Gasteiger partial charge in [-0.15, -0.1) is 6.58 Å². The highest BCUT2D eigenvalue weighted by molar-refractivity contribution is 5.99. The number of halogens is 3. The fourth-order valence-corrected chi connectivity index (χ4v) is 1.40. The maximum Gasteiger partial charge on any atom is 0.416 e. The fraction of sp³-hybridized carbons (Fsp3) is 0.154. The summed E-state index contributed by atoms with van der Waals surface area (Å²) in [4.78, 5) is 11.1. The zero-order valence-electron chi connectivity index (χ0n) is 9.55. The molecule has 1 aromatic carbocycles. The van der Waals surface area contributed by atoms with Crippen LogP contribution in [0.3, 0.4) is 0 Å². The Labute approximate surface area is 103 Å². The minimum Gasteiger partial charge on any atom is -0.322 e. The molecule has 1 amide bonds. The van der Waals surface area contributed by atoms with Crippen LogP contribution in [0.25, 0.3) is 0 Å². The van der Waals surface area contributed by atoms with Crippen molar-refractivity contribution in [2.75, 3.05) is 5.32 Å². The quantitative estimate of drug-likeness (QED) is 0.647. The first kappa shape index (κ1) is 14.0. The predicted octanol–water partition coefficient (Wildman–Crippen LogP) is 3.56. The van der Waals surface area contributed by atoms with Gasteiger partial charge in [0.2, 0.25) is 5.91 Å². The van der Waals surface area contributed by atoms with Crippen LogP contribution in [0.1, 0.15) is 11.1 Å². The number of carbonyl (C=O) groups excluding carboxylic acids is 1. The van der Waals surface area contributed by atoms with Crippen molar-refractivity contribution < 1.29 is 18.0 Å². The summed E-state index contributed by atoms with van der Waals surface area (Å²) in [5.41, 5.74) is -0.0706. The Hall–Kier alpha value is -2.04. The van der Waals surface area contributed by atoms with Crippen LogP contribution >= 0.6 is 0 Å². The first-order chi connectivity index (χ1) is 8.38. The molecule has 0 aliphatic rings. The van der Waals surface area contributed by atoms with Gasteiger partial charge in [0.1, 0.15) is 0 Å². The molecule has 96 valence electrons. The number of benzene rings is 1. The third-order valence-corrected chi connectivity index (χ3v) is 2.24. The Balaban J connectivity index is 3.15. The lowest BCUT2D eigenvalue weighted by Crippen LogP contribution is -2.11. The van der Waals surface area contributed by atoms with Crippen LogP contribution in [-0.2, 0) is 17.4 Å². The molecule has 1 N–H and O–H groups in total. The molecule has 0 radical (unpaired) electrons. The zero-order valence-corrected chi connectivity index (χ0v) is 9.55. The minimum atomic E-state index is -4.41. The summed E-state index contributed by atoms with van der Waals surface area (Å²) >= 11 is 0. The molecule has 2 nitrogen and oxygen atoms in total. The van der Waals surface area contributed by atoms with Gasteiger partial charge < -0.3 is 5.32 Å². The largest absolute Gasteiger partial charge is 0.416 e. The Kier molecular flexibility index (Phi) is 4.31. The molecule has 0 unspecified atom stereocenters. The maximum atomic E-state index is 12.5. The van der Waals surface area contributed by atoms with Crippen LogP contribution in [0.2, 0.25) is 0 Å². The summed E-state index contributed by atoms with van der Waals surface area (Å²) < 4.78 is 37.6. The Morgan fingerprint density at radius 3 is 2.50 bits per heavy atom. The Morgan fingerprint density at radius 2 is 2.00 bits per heavy atom. The molecule has 5 heteroatoms. The highest BCUT2D eigenvalue weighted by atomic mass is 19.4. The molecule has 0 aliphatic heterocycles. The lowest BCUT2D eigenvalue weighted by atomic mass is 10.1. The molecule has 0 aromatic heterocycles. The van der Waals surface area contributed by atoms with E-state index in [9.17, 15) is 18.0 Å². The smallest absolute Gasteiger partial charge is 0.322 e. The molecule has 0 heterocycles. The summed E-state index contributed by atoms with van der Waals surface area (Å²) in [5.74, 6) is -0.472. The van der Waals surface area contributed by atoms with Crippen molar-refractivity contribution >= 4 is 11.6 Å². The number of amides is 1. The number of anilines is 1. The summed E-state index contributed by atoms with van der Waals surface area (Å²) in [6.45, 7) is 6.75. The molecule has 0 spiro atoms. The SMILES string of the molecule is C=CCc1cc(C(F)(F)F)ccc1NC(=O)C=C. The van der Waals surface area contributed by atoms with Crippen molar-refractivity contribution in [3.63, 3.8) is 0 Å². The fourth-order valence-electron chi connectivity index (χ4n) is 1.40. The van der Waals surface area contributed by atoms with Crippen molar-refractivity contribution in [2.24, 2.45) is 0 Å². The summed E-state index contributed by atoms with van der Waals surface area (Å²) in [7, 11) is 0. The van der Waals surface area contributed by atoms with Crippen LogP contribution < -0.4 is 5.32 Å². The first-order valence-electron chi connectivity index (χ1n) is 5.13. The van der Waals surface area contributed by atoms with Gasteiger partial charge in [-0.05, 0) is 36.3 Å². The van der Waals surface area contributed by atoms with Gasteiger partial charge in [-0.2, -0.15) is 13.2 Å². The van der Waals surface area contributed by atoms with E-state index in [0.717, 1.165) is 18.2 Å². The van der Waals surface area contributed by atoms with Crippen LogP contribution in [0.4, 0.5) is 18.9 Å². The second kappa shape index (κ2) is 5.53. The van der Waals surface area contributed by atoms with Crippen molar-refractivity contribution in [1.82, 2.24) is 0 Å². The van der Waals surface area contributed by atoms with E-state index in [2.05, 4.69) is 18.5 Å². The van der Waals surface area contributed by atoms with Crippen LogP contribution in [0.5, 0.6) is 0 Å². The summed E-state index contributed by atoms with van der Waals surface area (Å²) in [6.07, 6.45) is -1.65. The van der Waals surface area contributed by atoms with E-state index in [1.165, 1.54) is 12.1 Å². The van der Waals surface area contributed by atoms with E-state index in [4.69, 9.17) is 0 Å². The molecule has 0 bridgehead atoms. The normalized spacial score (nSPS) is 10.8. The molecule has 1 rings (SSSR count). The molecule has 1 aromatic rings. The number of alkyl halides is 3. The van der Waals surface area contributed by atoms with E-state index in [-0.39, 0.29) is 6.42 Å². The van der Waals surface area contributed by atoms with Crippen molar-refractivity contribution in [1.29, 1.82) is 0 Å². The van der Waals surface area contributed by atoms with Gasteiger partial charge in [0.25, 0.3) is 0 Å². The van der Waals surface area contributed by atoms with E-state index in [1.807, 2.05) is 0 Å². The van der Waals surface area contributed by atoms with Crippen LogP contribution in [0.15, 0.2) is 43.5 Å². The van der Waals surface area contributed by atoms with Crippen molar-refractivity contribution in [3.8, 4) is 0 Å². The number of allylic oxidation sites excluding steroid dienone is 1. The standard InChI is InChI=1S/C13H12F3NO/c1-3-5-9-8-10(13(14,15)16)6-7-11(9)17-12(18)4-2/h3-4,6-8H,1-2,5H2,(H,17,18). The molecular formula is C13H12F3NO. The molecule has 0 saturated carbocycles. The van der Waals surface area contributed by atoms with Crippen LogP contribution in [0, 0.1) is 0 Å². The molecule has 0 aliphatic carbocycles. The number of hydrogen-bond acceptors (Lipinski definition) is 1. The second-order valence-electron chi connectivity index (χ2n) is 3.56. The number of nitrogens with one attached hydrogen (secondary N) is 1. The van der Waals surface area contributed by atoms with Gasteiger partial charge in [0, 0.05) is 5.69 Å². The van der Waals surface area contributed by atoms with E-state index < -0.39 is 17.6 Å². The van der Waals surface area contributed by atoms with Gasteiger partial charge in [-0.25, -0.2) is 0 Å². The maximum absolute atomic E-state index is 12.5. The lowest BCUT2D eigenvalue weighted by molar-refractivity contribution is -0.137. The first-order valence-corrected chi connectivity index (χ1v) is 5.13. The molecule has 0 fully saturated rings. The number of rotatable bonds is 4. The zero-order chi connectivity index (χ0) is 13.8. The Morgan fingerprint density at radius 1 is 1.33 bits per heavy atom. The average molecular weight is 255 g/mol. The number of carbonyl (C=O) groups is 1. The van der Waals surface area contributed by atoms with Gasteiger partial charge in [-0.3, -0.25) is 4.79 Å². The predicted molar refractivity (Wildman–Crippen MR) is 64.2 cm³/mol. The topological polar surface area (TPSA) is 29.1 Å². The number of hydrogen-bond donors (Lipinski definition) is 1. The second-order valence-corrected chi connectivity index (χ2v) is 3.56. The lowest BCUT2D eigenvalue weighted by Gasteiger charge is -2.12.